The van der Waals surface area contributed by atoms with Crippen molar-refractivity contribution >= 4 is 11.9 Å². The van der Waals surface area contributed by atoms with Gasteiger partial charge in [-0.05, 0) is 45.7 Å². The molecule has 20 heavy (non-hydrogen) atoms. The Bertz CT molecular complexity index is 436. The third kappa shape index (κ3) is 4.19. The highest BCUT2D eigenvalue weighted by Gasteiger charge is 2.22. The summed E-state index contributed by atoms with van der Waals surface area (Å²) in [5, 5.41) is 9.25. The maximum absolute atomic E-state index is 11.9. The van der Waals surface area contributed by atoms with Gasteiger partial charge in [0.1, 0.15) is 5.82 Å². The van der Waals surface area contributed by atoms with Crippen LogP contribution < -0.4 is 11.1 Å². The second-order valence-corrected chi connectivity index (χ2v) is 5.69. The predicted molar refractivity (Wildman–Crippen MR) is 76.7 cm³/mol. The number of likely N-dealkylation sites (tertiary alicyclic amines) is 1. The van der Waals surface area contributed by atoms with Crippen molar-refractivity contribution in [2.24, 2.45) is 5.92 Å². The van der Waals surface area contributed by atoms with Crippen LogP contribution in [0.5, 0.6) is 0 Å². The molecule has 112 valence electrons. The van der Waals surface area contributed by atoms with Gasteiger partial charge in [0, 0.05) is 12.5 Å². The maximum Gasteiger partial charge on any atom is 0.239 e. The number of anilines is 1. The van der Waals surface area contributed by atoms with E-state index < -0.39 is 0 Å². The zero-order valence-corrected chi connectivity index (χ0v) is 12.2. The molecule has 1 saturated heterocycles. The van der Waals surface area contributed by atoms with Crippen molar-refractivity contribution in [2.45, 2.75) is 45.7 Å². The monoisotopic (exact) mass is 280 g/mol. The van der Waals surface area contributed by atoms with Gasteiger partial charge in [0.05, 0.1) is 6.54 Å². The number of nitrogens with zero attached hydrogens (tertiary/aromatic N) is 3. The molecule has 7 nitrogen and oxygen atoms in total. The molecule has 1 fully saturated rings. The molecule has 0 atom stereocenters. The molecule has 0 radical (unpaired) electrons. The van der Waals surface area contributed by atoms with E-state index in [1.54, 1.807) is 0 Å². The molecule has 7 heteroatoms. The first-order valence-corrected chi connectivity index (χ1v) is 7.22. The van der Waals surface area contributed by atoms with Crippen LogP contribution in [0.1, 0.15) is 38.9 Å². The molecular weight excluding hydrogens is 256 g/mol. The lowest BCUT2D eigenvalue weighted by Crippen LogP contribution is -2.39. The van der Waals surface area contributed by atoms with Gasteiger partial charge in [0.2, 0.25) is 11.9 Å². The minimum Gasteiger partial charge on any atom is -0.367 e. The van der Waals surface area contributed by atoms with Crippen molar-refractivity contribution in [3.8, 4) is 0 Å². The van der Waals surface area contributed by atoms with Gasteiger partial charge in [-0.1, -0.05) is 0 Å². The number of nitrogens with one attached hydrogen (secondary N) is 2. The zero-order chi connectivity index (χ0) is 14.5. The summed E-state index contributed by atoms with van der Waals surface area (Å²) < 4.78 is 0. The van der Waals surface area contributed by atoms with Gasteiger partial charge in [0.25, 0.3) is 0 Å². The van der Waals surface area contributed by atoms with E-state index in [1.807, 2.05) is 0 Å². The fourth-order valence-corrected chi connectivity index (χ4v) is 2.58. The van der Waals surface area contributed by atoms with Crippen LogP contribution in [0, 0.1) is 5.92 Å². The number of amides is 1. The number of nitrogens with two attached hydrogens (primary N) is 1. The molecule has 0 unspecified atom stereocenters. The summed E-state index contributed by atoms with van der Waals surface area (Å²) in [6, 6.07) is 0.599. The summed E-state index contributed by atoms with van der Waals surface area (Å²) in [7, 11) is 0. The van der Waals surface area contributed by atoms with Crippen LogP contribution in [0.3, 0.4) is 0 Å². The summed E-state index contributed by atoms with van der Waals surface area (Å²) in [5.74, 6) is 1.36. The van der Waals surface area contributed by atoms with Crippen LogP contribution in [0.15, 0.2) is 0 Å². The Morgan fingerprint density at radius 3 is 2.75 bits per heavy atom. The molecule has 0 spiro atoms. The second kappa shape index (κ2) is 6.69. The topological polar surface area (TPSA) is 99.9 Å². The van der Waals surface area contributed by atoms with E-state index in [1.165, 1.54) is 0 Å². The smallest absolute Gasteiger partial charge is 0.239 e. The highest BCUT2D eigenvalue weighted by molar-refractivity contribution is 5.76. The lowest BCUT2D eigenvalue weighted by Gasteiger charge is -2.34. The number of H-pyrrole nitrogens is 1. The number of carbonyl (C=O) groups excluding carboxylic acids is 1. The normalized spacial score (nSPS) is 17.6. The van der Waals surface area contributed by atoms with Crippen LogP contribution in [-0.4, -0.2) is 45.1 Å². The molecular formula is C13H24N6O. The van der Waals surface area contributed by atoms with Gasteiger partial charge in [0.15, 0.2) is 0 Å². The van der Waals surface area contributed by atoms with Crippen LogP contribution in [0.2, 0.25) is 0 Å². The van der Waals surface area contributed by atoms with Crippen LogP contribution in [-0.2, 0) is 11.3 Å². The zero-order valence-electron chi connectivity index (χ0n) is 12.2. The number of hydrogen-bond acceptors (Lipinski definition) is 5. The first-order valence-electron chi connectivity index (χ1n) is 7.22. The summed E-state index contributed by atoms with van der Waals surface area (Å²) in [5.41, 5.74) is 5.40. The van der Waals surface area contributed by atoms with Gasteiger partial charge in [-0.3, -0.25) is 9.89 Å². The van der Waals surface area contributed by atoms with E-state index in [0.717, 1.165) is 25.9 Å². The quantitative estimate of drug-likeness (QED) is 0.730. The Kier molecular flexibility index (Phi) is 4.94. The van der Waals surface area contributed by atoms with E-state index in [9.17, 15) is 4.79 Å². The van der Waals surface area contributed by atoms with E-state index in [4.69, 9.17) is 5.73 Å². The van der Waals surface area contributed by atoms with Gasteiger partial charge in [-0.2, -0.15) is 4.98 Å². The largest absolute Gasteiger partial charge is 0.367 e. The van der Waals surface area contributed by atoms with Crippen molar-refractivity contribution in [1.29, 1.82) is 0 Å². The van der Waals surface area contributed by atoms with Gasteiger partial charge < -0.3 is 16.0 Å². The Hall–Kier alpha value is -1.63. The average Bonchev–Trinajstić information content (AvgIpc) is 2.83. The first kappa shape index (κ1) is 14.8. The van der Waals surface area contributed by atoms with Crippen molar-refractivity contribution < 1.29 is 4.79 Å². The number of aromatic nitrogens is 3. The Morgan fingerprint density at radius 2 is 2.20 bits per heavy atom. The fourth-order valence-electron chi connectivity index (χ4n) is 2.58. The summed E-state index contributed by atoms with van der Waals surface area (Å²) >= 11 is 0. The first-order chi connectivity index (χ1) is 9.54. The lowest BCUT2D eigenvalue weighted by molar-refractivity contribution is -0.122. The predicted octanol–water partition coefficient (Wildman–Crippen LogP) is 0.514. The minimum atomic E-state index is 0.0722. The van der Waals surface area contributed by atoms with Gasteiger partial charge in [-0.25, -0.2) is 0 Å². The number of nitrogen functional groups attached to an aromatic ring is 1. The highest BCUT2D eigenvalue weighted by atomic mass is 16.1. The average molecular weight is 280 g/mol. The van der Waals surface area contributed by atoms with Crippen molar-refractivity contribution in [3.63, 3.8) is 0 Å². The van der Waals surface area contributed by atoms with Crippen molar-refractivity contribution in [3.05, 3.63) is 5.82 Å². The maximum atomic E-state index is 11.9. The lowest BCUT2D eigenvalue weighted by atomic mass is 9.92. The molecule has 1 aliphatic rings. The molecule has 1 aliphatic heterocycles. The van der Waals surface area contributed by atoms with Crippen LogP contribution in [0.4, 0.5) is 5.95 Å². The van der Waals surface area contributed by atoms with Crippen LogP contribution >= 0.6 is 0 Å². The molecule has 1 aromatic heterocycles. The summed E-state index contributed by atoms with van der Waals surface area (Å²) in [4.78, 5) is 18.3. The molecule has 2 rings (SSSR count). The molecule has 1 amide bonds. The highest BCUT2D eigenvalue weighted by Crippen LogP contribution is 2.21. The Labute approximate surface area is 119 Å². The summed E-state index contributed by atoms with van der Waals surface area (Å²) in [6.07, 6.45) is 2.79. The standard InChI is InChI=1S/C13H24N6O/c1-9(2)19-5-3-10(4-6-19)7-12(20)15-8-11-16-13(14)18-17-11/h9-10H,3-8H2,1-2H3,(H,15,20)(H3,14,16,17,18). The third-order valence-corrected chi connectivity index (χ3v) is 3.86. The van der Waals surface area contributed by atoms with E-state index in [0.29, 0.717) is 30.7 Å². The van der Waals surface area contributed by atoms with Gasteiger partial charge >= 0.3 is 0 Å². The molecule has 2 heterocycles. The number of aromatic amines is 1. The Balaban J connectivity index is 1.67. The number of hydrogen-bond donors (Lipinski definition) is 3. The van der Waals surface area contributed by atoms with E-state index in [2.05, 4.69) is 39.2 Å². The summed E-state index contributed by atoms with van der Waals surface area (Å²) in [6.45, 7) is 6.97. The molecule has 0 aliphatic carbocycles. The molecule has 0 saturated carbocycles. The van der Waals surface area contributed by atoms with Gasteiger partial charge in [-0.15, -0.1) is 5.10 Å². The van der Waals surface area contributed by atoms with Crippen molar-refractivity contribution in [1.82, 2.24) is 25.4 Å². The van der Waals surface area contributed by atoms with Crippen molar-refractivity contribution in [2.75, 3.05) is 18.8 Å². The van der Waals surface area contributed by atoms with E-state index >= 15 is 0 Å². The molecule has 0 aromatic carbocycles. The number of piperidine rings is 1. The second-order valence-electron chi connectivity index (χ2n) is 5.69. The Morgan fingerprint density at radius 1 is 1.50 bits per heavy atom. The molecule has 0 bridgehead atoms. The number of rotatable bonds is 5. The molecule has 1 aromatic rings. The SMILES string of the molecule is CC(C)N1CCC(CC(=O)NCc2nc(N)n[nH]2)CC1. The minimum absolute atomic E-state index is 0.0722. The molecule has 4 N–H and O–H groups in total. The van der Waals surface area contributed by atoms with E-state index in [-0.39, 0.29) is 11.9 Å². The fraction of sp³-hybridized carbons (Fsp3) is 0.769. The number of carbonyl (C=O) groups is 1. The van der Waals surface area contributed by atoms with Crippen LogP contribution in [0.25, 0.3) is 0 Å². The third-order valence-electron chi connectivity index (χ3n) is 3.86.